The van der Waals surface area contributed by atoms with Crippen LogP contribution in [-0.4, -0.2) is 5.78 Å². The molecule has 0 unspecified atom stereocenters. The molecule has 3 aromatic rings. The lowest BCUT2D eigenvalue weighted by molar-refractivity contribution is -0.689. The summed E-state index contributed by atoms with van der Waals surface area (Å²) in [6, 6.07) is 19.0. The molecule has 0 amide bonds. The van der Waals surface area contributed by atoms with Crippen LogP contribution in [0, 0.1) is 0 Å². The van der Waals surface area contributed by atoms with Crippen LogP contribution in [0.25, 0.3) is 21.2 Å². The zero-order valence-corrected chi connectivity index (χ0v) is 12.5. The van der Waals surface area contributed by atoms with E-state index in [1.54, 1.807) is 12.1 Å². The zero-order chi connectivity index (χ0) is 16.1. The Morgan fingerprint density at radius 2 is 1.78 bits per heavy atom. The standard InChI is InChI=1S/C18H15N4O/c19-21-20-12-17-16-9-5-4-6-14(16)10-11-22(17)13-18(23)15-7-2-1-3-8-15/h1-11H,12-13H2/q+1. The first-order valence-corrected chi connectivity index (χ1v) is 7.29. The summed E-state index contributed by atoms with van der Waals surface area (Å²) >= 11 is 0. The molecule has 0 aliphatic carbocycles. The van der Waals surface area contributed by atoms with Gasteiger partial charge in [0.25, 0.3) is 0 Å². The first-order chi connectivity index (χ1) is 11.3. The molecule has 0 aliphatic rings. The molecule has 0 atom stereocenters. The molecule has 0 saturated heterocycles. The highest BCUT2D eigenvalue weighted by atomic mass is 16.1. The van der Waals surface area contributed by atoms with Gasteiger partial charge in [-0.05, 0) is 17.0 Å². The summed E-state index contributed by atoms with van der Waals surface area (Å²) in [7, 11) is 0. The van der Waals surface area contributed by atoms with Gasteiger partial charge in [-0.2, -0.15) is 4.57 Å². The quantitative estimate of drug-likeness (QED) is 0.232. The van der Waals surface area contributed by atoms with E-state index in [4.69, 9.17) is 5.53 Å². The molecule has 0 aliphatic heterocycles. The minimum absolute atomic E-state index is 0.0214. The molecular formula is C18H15N4O+. The fraction of sp³-hybridized carbons (Fsp3) is 0.111. The Bertz CT molecular complexity index is 899. The van der Waals surface area contributed by atoms with E-state index in [0.29, 0.717) is 5.56 Å². The van der Waals surface area contributed by atoms with Gasteiger partial charge >= 0.3 is 0 Å². The average molecular weight is 303 g/mol. The predicted molar refractivity (Wildman–Crippen MR) is 87.8 cm³/mol. The highest BCUT2D eigenvalue weighted by Crippen LogP contribution is 2.16. The summed E-state index contributed by atoms with van der Waals surface area (Å²) in [4.78, 5) is 15.3. The van der Waals surface area contributed by atoms with Gasteiger partial charge in [-0.3, -0.25) is 4.79 Å². The van der Waals surface area contributed by atoms with E-state index in [9.17, 15) is 4.79 Å². The Labute approximate surface area is 133 Å². The summed E-state index contributed by atoms with van der Waals surface area (Å²) in [6.07, 6.45) is 1.87. The molecule has 5 nitrogen and oxygen atoms in total. The Morgan fingerprint density at radius 3 is 2.57 bits per heavy atom. The highest BCUT2D eigenvalue weighted by molar-refractivity contribution is 5.95. The summed E-state index contributed by atoms with van der Waals surface area (Å²) in [5, 5.41) is 5.73. The van der Waals surface area contributed by atoms with E-state index >= 15 is 0 Å². The van der Waals surface area contributed by atoms with Gasteiger partial charge in [0.05, 0.1) is 0 Å². The molecule has 1 aromatic heterocycles. The molecule has 23 heavy (non-hydrogen) atoms. The van der Waals surface area contributed by atoms with Crippen LogP contribution < -0.4 is 4.57 Å². The van der Waals surface area contributed by atoms with Crippen LogP contribution in [0.3, 0.4) is 0 Å². The predicted octanol–water partition coefficient (Wildman–Crippen LogP) is 3.82. The minimum atomic E-state index is 0.0214. The van der Waals surface area contributed by atoms with Gasteiger partial charge in [-0.15, -0.1) is 0 Å². The topological polar surface area (TPSA) is 69.7 Å². The summed E-state index contributed by atoms with van der Waals surface area (Å²) in [5.41, 5.74) is 10.1. The molecular weight excluding hydrogens is 288 g/mol. The van der Waals surface area contributed by atoms with Crippen molar-refractivity contribution in [3.8, 4) is 0 Å². The molecule has 1 heterocycles. The zero-order valence-electron chi connectivity index (χ0n) is 12.5. The molecule has 0 fully saturated rings. The fourth-order valence-corrected chi connectivity index (χ4v) is 2.61. The number of fused-ring (bicyclic) bond motifs is 1. The average Bonchev–Trinajstić information content (AvgIpc) is 2.61. The number of ketones is 1. The van der Waals surface area contributed by atoms with Crippen molar-refractivity contribution in [2.24, 2.45) is 5.11 Å². The maximum absolute atomic E-state index is 12.5. The number of hydrogen-bond acceptors (Lipinski definition) is 2. The van der Waals surface area contributed by atoms with E-state index in [2.05, 4.69) is 10.0 Å². The number of carbonyl (C=O) groups is 1. The van der Waals surface area contributed by atoms with Crippen molar-refractivity contribution in [3.63, 3.8) is 0 Å². The number of Topliss-reactive ketones (excluding diaryl/α,β-unsaturated/α-hetero) is 1. The van der Waals surface area contributed by atoms with Gasteiger partial charge in [-0.1, -0.05) is 53.6 Å². The van der Waals surface area contributed by atoms with Crippen LogP contribution in [0.15, 0.2) is 72.0 Å². The molecule has 112 valence electrons. The third-order valence-electron chi connectivity index (χ3n) is 3.75. The van der Waals surface area contributed by atoms with Crippen molar-refractivity contribution in [2.45, 2.75) is 13.1 Å². The number of benzene rings is 2. The number of rotatable bonds is 5. The van der Waals surface area contributed by atoms with Gasteiger partial charge < -0.3 is 0 Å². The van der Waals surface area contributed by atoms with Gasteiger partial charge in [0, 0.05) is 21.9 Å². The molecule has 0 saturated carbocycles. The van der Waals surface area contributed by atoms with E-state index < -0.39 is 0 Å². The smallest absolute Gasteiger partial charge is 0.227 e. The Morgan fingerprint density at radius 1 is 1.04 bits per heavy atom. The lowest BCUT2D eigenvalue weighted by atomic mass is 10.1. The third-order valence-corrected chi connectivity index (χ3v) is 3.75. The molecule has 5 heteroatoms. The van der Waals surface area contributed by atoms with Crippen molar-refractivity contribution in [3.05, 3.63) is 88.6 Å². The highest BCUT2D eigenvalue weighted by Gasteiger charge is 2.18. The van der Waals surface area contributed by atoms with Crippen LogP contribution in [0.1, 0.15) is 16.1 Å². The summed E-state index contributed by atoms with van der Waals surface area (Å²) in [6.45, 7) is 0.422. The van der Waals surface area contributed by atoms with Crippen molar-refractivity contribution >= 4 is 16.6 Å². The van der Waals surface area contributed by atoms with E-state index in [1.165, 1.54) is 0 Å². The lowest BCUT2D eigenvalue weighted by Gasteiger charge is -2.06. The van der Waals surface area contributed by atoms with E-state index in [-0.39, 0.29) is 18.9 Å². The number of pyridine rings is 1. The van der Waals surface area contributed by atoms with E-state index in [1.807, 2.05) is 59.3 Å². The molecule has 2 aromatic carbocycles. The maximum atomic E-state index is 12.5. The first kappa shape index (κ1) is 14.8. The summed E-state index contributed by atoms with van der Waals surface area (Å²) in [5.74, 6) is 0.0214. The van der Waals surface area contributed by atoms with Crippen molar-refractivity contribution in [2.75, 3.05) is 0 Å². The van der Waals surface area contributed by atoms with E-state index in [0.717, 1.165) is 16.5 Å². The van der Waals surface area contributed by atoms with Gasteiger partial charge in [0.15, 0.2) is 11.9 Å². The summed E-state index contributed by atoms with van der Waals surface area (Å²) < 4.78 is 1.85. The van der Waals surface area contributed by atoms with Crippen molar-refractivity contribution in [1.29, 1.82) is 0 Å². The molecule has 3 rings (SSSR count). The monoisotopic (exact) mass is 303 g/mol. The Kier molecular flexibility index (Phi) is 4.32. The van der Waals surface area contributed by atoms with Gasteiger partial charge in [0.2, 0.25) is 12.3 Å². The number of hydrogen-bond donors (Lipinski definition) is 0. The Hall–Kier alpha value is -3.17. The van der Waals surface area contributed by atoms with Crippen molar-refractivity contribution < 1.29 is 9.36 Å². The van der Waals surface area contributed by atoms with Crippen LogP contribution in [-0.2, 0) is 13.1 Å². The molecule has 0 spiro atoms. The largest absolute Gasteiger partial charge is 0.287 e. The second-order valence-electron chi connectivity index (χ2n) is 5.16. The Balaban J connectivity index is 2.02. The van der Waals surface area contributed by atoms with Gasteiger partial charge in [0.1, 0.15) is 6.54 Å². The number of carbonyl (C=O) groups excluding carboxylic acids is 1. The number of nitrogens with zero attached hydrogens (tertiary/aromatic N) is 4. The maximum Gasteiger partial charge on any atom is 0.227 e. The van der Waals surface area contributed by atoms with Crippen LogP contribution >= 0.6 is 0 Å². The molecule has 0 bridgehead atoms. The first-order valence-electron chi connectivity index (χ1n) is 7.29. The second kappa shape index (κ2) is 6.73. The SMILES string of the molecule is [N-]=[N+]=NCc1c2ccccc2cc[n+]1CC(=O)c1ccccc1. The van der Waals surface area contributed by atoms with Crippen molar-refractivity contribution in [1.82, 2.24) is 0 Å². The number of azide groups is 1. The van der Waals surface area contributed by atoms with Crippen LogP contribution in [0.2, 0.25) is 0 Å². The van der Waals surface area contributed by atoms with Gasteiger partial charge in [-0.25, -0.2) is 0 Å². The number of aromatic nitrogens is 1. The molecule has 0 radical (unpaired) electrons. The second-order valence-corrected chi connectivity index (χ2v) is 5.16. The lowest BCUT2D eigenvalue weighted by Crippen LogP contribution is -2.41. The van der Waals surface area contributed by atoms with Crippen LogP contribution in [0.4, 0.5) is 0 Å². The minimum Gasteiger partial charge on any atom is -0.287 e. The fourth-order valence-electron chi connectivity index (χ4n) is 2.61. The molecule has 0 N–H and O–H groups in total. The normalized spacial score (nSPS) is 10.3. The third kappa shape index (κ3) is 3.20. The van der Waals surface area contributed by atoms with Crippen LogP contribution in [0.5, 0.6) is 0 Å².